The lowest BCUT2D eigenvalue weighted by Crippen LogP contribution is -2.38. The maximum Gasteiger partial charge on any atom is 0.242 e. The predicted molar refractivity (Wildman–Crippen MR) is 86.8 cm³/mol. The van der Waals surface area contributed by atoms with Crippen molar-refractivity contribution in [2.75, 3.05) is 31.6 Å². The highest BCUT2D eigenvalue weighted by atomic mass is 32.1. The highest BCUT2D eigenvalue weighted by Gasteiger charge is 2.28. The molecule has 6 nitrogen and oxygen atoms in total. The van der Waals surface area contributed by atoms with Crippen molar-refractivity contribution >= 4 is 38.5 Å². The third-order valence-electron chi connectivity index (χ3n) is 3.98. The molecule has 1 unspecified atom stereocenters. The molecule has 1 saturated heterocycles. The Kier molecular flexibility index (Phi) is 4.08. The molecule has 0 spiro atoms. The van der Waals surface area contributed by atoms with Gasteiger partial charge in [-0.05, 0) is 25.1 Å². The van der Waals surface area contributed by atoms with Crippen LogP contribution in [0.1, 0.15) is 6.42 Å². The van der Waals surface area contributed by atoms with Gasteiger partial charge in [0.2, 0.25) is 11.8 Å². The van der Waals surface area contributed by atoms with E-state index in [1.807, 2.05) is 29.2 Å². The largest absolute Gasteiger partial charge is 0.369 e. The van der Waals surface area contributed by atoms with Crippen molar-refractivity contribution in [3.8, 4) is 0 Å². The van der Waals surface area contributed by atoms with E-state index in [1.165, 1.54) is 11.3 Å². The van der Waals surface area contributed by atoms with E-state index in [4.69, 9.17) is 5.73 Å². The molecule has 3 rings (SSSR count). The molecule has 0 saturated carbocycles. The molecule has 1 aliphatic heterocycles. The number of anilines is 1. The maximum atomic E-state index is 12.4. The summed E-state index contributed by atoms with van der Waals surface area (Å²) in [7, 11) is 1.74. The van der Waals surface area contributed by atoms with Gasteiger partial charge in [0, 0.05) is 13.6 Å². The number of para-hydroxylation sites is 1. The number of rotatable bonds is 4. The summed E-state index contributed by atoms with van der Waals surface area (Å²) in [5, 5.41) is 0.692. The van der Waals surface area contributed by atoms with Gasteiger partial charge < -0.3 is 5.73 Å². The molecule has 1 aromatic carbocycles. The first-order chi connectivity index (χ1) is 10.5. The summed E-state index contributed by atoms with van der Waals surface area (Å²) >= 11 is 1.50. The van der Waals surface area contributed by atoms with E-state index in [2.05, 4.69) is 4.98 Å². The number of hydrogen-bond donors (Lipinski definition) is 1. The molecule has 22 heavy (non-hydrogen) atoms. The maximum absolute atomic E-state index is 12.4. The van der Waals surface area contributed by atoms with E-state index >= 15 is 0 Å². The number of likely N-dealkylation sites (tertiary alicyclic amines) is 1. The minimum Gasteiger partial charge on any atom is -0.369 e. The Morgan fingerprint density at radius 1 is 1.45 bits per heavy atom. The molecular weight excluding hydrogens is 300 g/mol. The zero-order chi connectivity index (χ0) is 15.7. The molecule has 0 radical (unpaired) electrons. The number of nitrogens with two attached hydrogens (primary N) is 1. The lowest BCUT2D eigenvalue weighted by atomic mass is 10.1. The van der Waals surface area contributed by atoms with Crippen LogP contribution < -0.4 is 10.6 Å². The fourth-order valence-corrected chi connectivity index (χ4v) is 3.56. The molecular formula is C15H18N4O2S. The van der Waals surface area contributed by atoms with Crippen molar-refractivity contribution in [2.45, 2.75) is 6.42 Å². The van der Waals surface area contributed by atoms with Gasteiger partial charge in [0.05, 0.1) is 22.7 Å². The van der Waals surface area contributed by atoms with E-state index in [0.29, 0.717) is 11.7 Å². The number of amides is 2. The van der Waals surface area contributed by atoms with Crippen molar-refractivity contribution in [1.82, 2.24) is 9.88 Å². The van der Waals surface area contributed by atoms with Crippen LogP contribution in [0.4, 0.5) is 5.13 Å². The van der Waals surface area contributed by atoms with Crippen LogP contribution in [0.5, 0.6) is 0 Å². The summed E-state index contributed by atoms with van der Waals surface area (Å²) in [4.78, 5) is 31.6. The Hall–Kier alpha value is -1.99. The number of primary amides is 1. The van der Waals surface area contributed by atoms with Crippen LogP contribution in [-0.4, -0.2) is 48.4 Å². The van der Waals surface area contributed by atoms with Crippen LogP contribution in [0.15, 0.2) is 24.3 Å². The standard InChI is InChI=1S/C15H18N4O2S/c1-18(15-17-11-4-2-3-5-12(11)22-15)13(20)9-19-7-6-10(8-19)14(16)21/h2-5,10H,6-9H2,1H3,(H2,16,21). The van der Waals surface area contributed by atoms with Gasteiger partial charge in [0.25, 0.3) is 0 Å². The SMILES string of the molecule is CN(C(=O)CN1CCC(C(N)=O)C1)c1nc2ccccc2s1. The summed E-state index contributed by atoms with van der Waals surface area (Å²) in [5.74, 6) is -0.445. The lowest BCUT2D eigenvalue weighted by Gasteiger charge is -2.19. The van der Waals surface area contributed by atoms with Gasteiger partial charge in [-0.15, -0.1) is 0 Å². The van der Waals surface area contributed by atoms with E-state index in [1.54, 1.807) is 11.9 Å². The molecule has 1 fully saturated rings. The van der Waals surface area contributed by atoms with E-state index in [0.717, 1.165) is 23.2 Å². The van der Waals surface area contributed by atoms with Gasteiger partial charge in [0.15, 0.2) is 5.13 Å². The minimum absolute atomic E-state index is 0.0239. The topological polar surface area (TPSA) is 79.5 Å². The molecule has 1 aliphatic rings. The van der Waals surface area contributed by atoms with Crippen LogP contribution in [0.2, 0.25) is 0 Å². The third kappa shape index (κ3) is 2.95. The smallest absolute Gasteiger partial charge is 0.242 e. The molecule has 2 aromatic rings. The second-order valence-electron chi connectivity index (χ2n) is 5.54. The van der Waals surface area contributed by atoms with E-state index < -0.39 is 0 Å². The monoisotopic (exact) mass is 318 g/mol. The van der Waals surface area contributed by atoms with Crippen molar-refractivity contribution in [3.05, 3.63) is 24.3 Å². The van der Waals surface area contributed by atoms with Crippen LogP contribution >= 0.6 is 11.3 Å². The molecule has 2 heterocycles. The van der Waals surface area contributed by atoms with Gasteiger partial charge in [0.1, 0.15) is 0 Å². The minimum atomic E-state index is -0.283. The van der Waals surface area contributed by atoms with Crippen molar-refractivity contribution in [1.29, 1.82) is 0 Å². The fourth-order valence-electron chi connectivity index (χ4n) is 2.62. The highest BCUT2D eigenvalue weighted by Crippen LogP contribution is 2.28. The first kappa shape index (κ1) is 14.9. The first-order valence-electron chi connectivity index (χ1n) is 7.18. The molecule has 116 valence electrons. The number of likely N-dealkylation sites (N-methyl/N-ethyl adjacent to an activating group) is 1. The second-order valence-corrected chi connectivity index (χ2v) is 6.55. The Bertz CT molecular complexity index is 681. The Labute approximate surface area is 132 Å². The molecule has 0 aliphatic carbocycles. The van der Waals surface area contributed by atoms with E-state index in [-0.39, 0.29) is 24.3 Å². The number of hydrogen-bond acceptors (Lipinski definition) is 5. The van der Waals surface area contributed by atoms with Crippen molar-refractivity contribution in [2.24, 2.45) is 11.7 Å². The molecule has 7 heteroatoms. The molecule has 2 amide bonds. The fraction of sp³-hybridized carbons (Fsp3) is 0.400. The zero-order valence-electron chi connectivity index (χ0n) is 12.4. The Morgan fingerprint density at radius 2 is 2.23 bits per heavy atom. The van der Waals surface area contributed by atoms with Crippen molar-refractivity contribution < 1.29 is 9.59 Å². The number of benzene rings is 1. The van der Waals surface area contributed by atoms with Gasteiger partial charge in [-0.25, -0.2) is 4.98 Å². The third-order valence-corrected chi connectivity index (χ3v) is 5.09. The number of fused-ring (bicyclic) bond motifs is 1. The van der Waals surface area contributed by atoms with Crippen LogP contribution in [-0.2, 0) is 9.59 Å². The normalized spacial score (nSPS) is 18.7. The van der Waals surface area contributed by atoms with Gasteiger partial charge in [-0.2, -0.15) is 0 Å². The Morgan fingerprint density at radius 3 is 2.91 bits per heavy atom. The first-order valence-corrected chi connectivity index (χ1v) is 8.00. The Balaban J connectivity index is 1.66. The highest BCUT2D eigenvalue weighted by molar-refractivity contribution is 7.22. The van der Waals surface area contributed by atoms with Crippen molar-refractivity contribution in [3.63, 3.8) is 0 Å². The zero-order valence-corrected chi connectivity index (χ0v) is 13.2. The molecule has 2 N–H and O–H groups in total. The predicted octanol–water partition coefficient (Wildman–Crippen LogP) is 1.07. The average Bonchev–Trinajstić information content (AvgIpc) is 3.12. The van der Waals surface area contributed by atoms with Gasteiger partial charge in [-0.3, -0.25) is 19.4 Å². The van der Waals surface area contributed by atoms with Gasteiger partial charge >= 0.3 is 0 Å². The quantitative estimate of drug-likeness (QED) is 0.914. The van der Waals surface area contributed by atoms with Crippen LogP contribution in [0, 0.1) is 5.92 Å². The molecule has 0 bridgehead atoms. The average molecular weight is 318 g/mol. The number of aromatic nitrogens is 1. The summed E-state index contributed by atoms with van der Waals surface area (Å²) < 4.78 is 1.06. The summed E-state index contributed by atoms with van der Waals surface area (Å²) in [5.41, 5.74) is 6.22. The number of carbonyl (C=O) groups excluding carboxylic acids is 2. The van der Waals surface area contributed by atoms with Crippen LogP contribution in [0.3, 0.4) is 0 Å². The second kappa shape index (κ2) is 6.02. The summed E-state index contributed by atoms with van der Waals surface area (Å²) in [6, 6.07) is 7.82. The van der Waals surface area contributed by atoms with Gasteiger partial charge in [-0.1, -0.05) is 23.5 Å². The van der Waals surface area contributed by atoms with Crippen LogP contribution in [0.25, 0.3) is 10.2 Å². The lowest BCUT2D eigenvalue weighted by molar-refractivity contribution is -0.122. The van der Waals surface area contributed by atoms with E-state index in [9.17, 15) is 9.59 Å². The number of thiazole rings is 1. The number of carbonyl (C=O) groups is 2. The number of nitrogens with zero attached hydrogens (tertiary/aromatic N) is 3. The summed E-state index contributed by atoms with van der Waals surface area (Å²) in [6.45, 7) is 1.58. The molecule has 1 atom stereocenters. The molecule has 1 aromatic heterocycles. The summed E-state index contributed by atoms with van der Waals surface area (Å²) in [6.07, 6.45) is 0.730.